The van der Waals surface area contributed by atoms with Crippen LogP contribution in [0, 0.1) is 18.8 Å². The molecule has 0 radical (unpaired) electrons. The van der Waals surface area contributed by atoms with Gasteiger partial charge in [-0.15, -0.1) is 11.8 Å². The normalized spacial score (nSPS) is 11.6. The lowest BCUT2D eigenvalue weighted by Crippen LogP contribution is -2.01. The van der Waals surface area contributed by atoms with Crippen LogP contribution in [0.15, 0.2) is 12.1 Å². The summed E-state index contributed by atoms with van der Waals surface area (Å²) in [5, 5.41) is 0.795. The third-order valence-corrected chi connectivity index (χ3v) is 3.24. The highest BCUT2D eigenvalue weighted by atomic mass is 35.5. The number of benzene rings is 1. The minimum absolute atomic E-state index is 0.337. The molecule has 1 aromatic carbocycles. The largest absolute Gasteiger partial charge is 0.494 e. The van der Waals surface area contributed by atoms with E-state index in [9.17, 15) is 0 Å². The minimum atomic E-state index is 0.337. The molecule has 0 aliphatic heterocycles. The molecule has 0 spiro atoms. The van der Waals surface area contributed by atoms with E-state index in [-0.39, 0.29) is 0 Å². The summed E-state index contributed by atoms with van der Waals surface area (Å²) in [6, 6.07) is 4.03. The van der Waals surface area contributed by atoms with E-state index < -0.39 is 0 Å². The molecule has 0 N–H and O–H groups in total. The van der Waals surface area contributed by atoms with Crippen LogP contribution < -0.4 is 4.74 Å². The molecule has 0 bridgehead atoms. The number of ether oxygens (including phenoxy) is 1. The molecule has 0 aromatic heterocycles. The number of hydrogen-bond donors (Lipinski definition) is 0. The Balaban J connectivity index is 3.01. The topological polar surface area (TPSA) is 9.23 Å². The maximum absolute atomic E-state index is 6.20. The molecule has 98 valence electrons. The summed E-state index contributed by atoms with van der Waals surface area (Å²) in [5.41, 5.74) is 2.20. The van der Waals surface area contributed by atoms with Crippen molar-refractivity contribution in [3.63, 3.8) is 0 Å². The maximum atomic E-state index is 6.20. The summed E-state index contributed by atoms with van der Waals surface area (Å²) in [5.74, 6) is 7.56. The van der Waals surface area contributed by atoms with Crippen molar-refractivity contribution in [3.05, 3.63) is 28.3 Å². The first-order valence-electron chi connectivity index (χ1n) is 6.48. The van der Waals surface area contributed by atoms with Crippen molar-refractivity contribution in [3.8, 4) is 17.6 Å². The molecule has 1 atom stereocenters. The Kier molecular flexibility index (Phi) is 6.09. The fraction of sp³-hybridized carbons (Fsp3) is 0.500. The van der Waals surface area contributed by atoms with Gasteiger partial charge in [-0.3, -0.25) is 0 Å². The molecule has 1 unspecified atom stereocenters. The standard InChI is InChI=1S/C16H21ClO/c1-5-7-8-9-12(3)14-11-15(17)13(4)10-16(14)18-6-2/h10-12H,5-6,9H2,1-4H3. The Morgan fingerprint density at radius 3 is 2.61 bits per heavy atom. The van der Waals surface area contributed by atoms with Crippen molar-refractivity contribution in [1.82, 2.24) is 0 Å². The SMILES string of the molecule is CCC#CCC(C)c1cc(Cl)c(C)cc1OCC. The number of halogens is 1. The van der Waals surface area contributed by atoms with Gasteiger partial charge < -0.3 is 4.74 Å². The van der Waals surface area contributed by atoms with E-state index in [0.29, 0.717) is 12.5 Å². The molecule has 0 saturated heterocycles. The first-order chi connectivity index (χ1) is 8.60. The zero-order chi connectivity index (χ0) is 13.5. The van der Waals surface area contributed by atoms with E-state index in [1.807, 2.05) is 26.0 Å². The Bertz CT molecular complexity index is 454. The van der Waals surface area contributed by atoms with Crippen molar-refractivity contribution in [2.45, 2.75) is 46.5 Å². The van der Waals surface area contributed by atoms with Gasteiger partial charge in [-0.1, -0.05) is 25.4 Å². The van der Waals surface area contributed by atoms with Crippen molar-refractivity contribution in [2.75, 3.05) is 6.61 Å². The fourth-order valence-electron chi connectivity index (χ4n) is 1.80. The molecule has 0 amide bonds. The van der Waals surface area contributed by atoms with Crippen molar-refractivity contribution >= 4 is 11.6 Å². The van der Waals surface area contributed by atoms with Crippen LogP contribution in [0.2, 0.25) is 5.02 Å². The Morgan fingerprint density at radius 2 is 2.00 bits per heavy atom. The minimum Gasteiger partial charge on any atom is -0.494 e. The quantitative estimate of drug-likeness (QED) is 0.699. The average Bonchev–Trinajstić information content (AvgIpc) is 2.34. The van der Waals surface area contributed by atoms with E-state index in [0.717, 1.165) is 34.7 Å². The molecular formula is C16H21ClO. The summed E-state index contributed by atoms with van der Waals surface area (Å²) in [6.07, 6.45) is 1.74. The van der Waals surface area contributed by atoms with Gasteiger partial charge in [0.2, 0.25) is 0 Å². The lowest BCUT2D eigenvalue weighted by molar-refractivity contribution is 0.334. The van der Waals surface area contributed by atoms with E-state index >= 15 is 0 Å². The van der Waals surface area contributed by atoms with Gasteiger partial charge in [0.15, 0.2) is 0 Å². The zero-order valence-electron chi connectivity index (χ0n) is 11.6. The molecule has 1 aromatic rings. The van der Waals surface area contributed by atoms with Gasteiger partial charge in [-0.05, 0) is 43.0 Å². The maximum Gasteiger partial charge on any atom is 0.123 e. The van der Waals surface area contributed by atoms with Crippen LogP contribution in [0.3, 0.4) is 0 Å². The Hall–Kier alpha value is -1.13. The summed E-state index contributed by atoms with van der Waals surface area (Å²) in [4.78, 5) is 0. The zero-order valence-corrected chi connectivity index (χ0v) is 12.4. The first-order valence-corrected chi connectivity index (χ1v) is 6.86. The summed E-state index contributed by atoms with van der Waals surface area (Å²) < 4.78 is 5.69. The molecule has 0 saturated carbocycles. The van der Waals surface area contributed by atoms with Gasteiger partial charge in [0.05, 0.1) is 6.61 Å². The van der Waals surface area contributed by atoms with Crippen LogP contribution in [-0.2, 0) is 0 Å². The number of hydrogen-bond acceptors (Lipinski definition) is 1. The van der Waals surface area contributed by atoms with Crippen LogP contribution in [0.1, 0.15) is 50.7 Å². The Labute approximate surface area is 115 Å². The summed E-state index contributed by atoms with van der Waals surface area (Å²) in [6.45, 7) is 8.88. The highest BCUT2D eigenvalue weighted by molar-refractivity contribution is 6.31. The predicted molar refractivity (Wildman–Crippen MR) is 78.5 cm³/mol. The van der Waals surface area contributed by atoms with Gasteiger partial charge in [0.1, 0.15) is 5.75 Å². The molecule has 0 heterocycles. The smallest absolute Gasteiger partial charge is 0.123 e. The number of aryl methyl sites for hydroxylation is 1. The molecule has 18 heavy (non-hydrogen) atoms. The Morgan fingerprint density at radius 1 is 1.28 bits per heavy atom. The lowest BCUT2D eigenvalue weighted by Gasteiger charge is -2.16. The second kappa shape index (κ2) is 7.34. The van der Waals surface area contributed by atoms with E-state index in [2.05, 4.69) is 25.7 Å². The summed E-state index contributed by atoms with van der Waals surface area (Å²) >= 11 is 6.20. The van der Waals surface area contributed by atoms with Crippen molar-refractivity contribution in [2.24, 2.45) is 0 Å². The highest BCUT2D eigenvalue weighted by Gasteiger charge is 2.13. The van der Waals surface area contributed by atoms with Gasteiger partial charge in [0.25, 0.3) is 0 Å². The van der Waals surface area contributed by atoms with Crippen LogP contribution in [0.5, 0.6) is 5.75 Å². The molecule has 0 aliphatic rings. The van der Waals surface area contributed by atoms with Crippen molar-refractivity contribution in [1.29, 1.82) is 0 Å². The average molecular weight is 265 g/mol. The molecule has 1 nitrogen and oxygen atoms in total. The van der Waals surface area contributed by atoms with Gasteiger partial charge in [0, 0.05) is 17.9 Å². The van der Waals surface area contributed by atoms with Gasteiger partial charge >= 0.3 is 0 Å². The van der Waals surface area contributed by atoms with E-state index in [4.69, 9.17) is 16.3 Å². The lowest BCUT2D eigenvalue weighted by atomic mass is 9.96. The second-order valence-electron chi connectivity index (χ2n) is 4.38. The fourth-order valence-corrected chi connectivity index (χ4v) is 1.97. The van der Waals surface area contributed by atoms with Gasteiger partial charge in [-0.2, -0.15) is 0 Å². The second-order valence-corrected chi connectivity index (χ2v) is 4.79. The third-order valence-electron chi connectivity index (χ3n) is 2.83. The molecule has 2 heteroatoms. The van der Waals surface area contributed by atoms with Crippen LogP contribution >= 0.6 is 11.6 Å². The monoisotopic (exact) mass is 264 g/mol. The first kappa shape index (κ1) is 14.9. The van der Waals surface area contributed by atoms with E-state index in [1.165, 1.54) is 0 Å². The van der Waals surface area contributed by atoms with Crippen LogP contribution in [0.25, 0.3) is 0 Å². The van der Waals surface area contributed by atoms with Crippen LogP contribution in [0.4, 0.5) is 0 Å². The molecular weight excluding hydrogens is 244 g/mol. The molecule has 1 rings (SSSR count). The summed E-state index contributed by atoms with van der Waals surface area (Å²) in [7, 11) is 0. The third kappa shape index (κ3) is 3.96. The molecule has 0 aliphatic carbocycles. The van der Waals surface area contributed by atoms with E-state index in [1.54, 1.807) is 0 Å². The van der Waals surface area contributed by atoms with Crippen LogP contribution in [-0.4, -0.2) is 6.61 Å². The number of rotatable bonds is 4. The van der Waals surface area contributed by atoms with Crippen molar-refractivity contribution < 1.29 is 4.74 Å². The van der Waals surface area contributed by atoms with Gasteiger partial charge in [-0.25, -0.2) is 0 Å². The molecule has 0 fully saturated rings. The predicted octanol–water partition coefficient (Wildman–Crippen LogP) is 4.95. The highest BCUT2D eigenvalue weighted by Crippen LogP contribution is 2.33.